The van der Waals surface area contributed by atoms with Crippen LogP contribution in [0.5, 0.6) is 5.75 Å². The number of aryl methyl sites for hydroxylation is 1. The van der Waals surface area contributed by atoms with E-state index in [-0.39, 0.29) is 29.7 Å². The Kier molecular flexibility index (Phi) is 11.0. The maximum absolute atomic E-state index is 13.6. The fourth-order valence-corrected chi connectivity index (χ4v) is 10.0. The third kappa shape index (κ3) is 7.82. The predicted octanol–water partition coefficient (Wildman–Crippen LogP) is 6.37. The average molecular weight is 732 g/mol. The summed E-state index contributed by atoms with van der Waals surface area (Å²) in [4.78, 5) is 18.0. The van der Waals surface area contributed by atoms with Gasteiger partial charge in [-0.3, -0.25) is 9.69 Å². The number of carbonyl (C=O) groups excluding carboxylic acids is 1. The minimum absolute atomic E-state index is 0.0777. The molecule has 5 atom stereocenters. The van der Waals surface area contributed by atoms with E-state index in [1.165, 1.54) is 5.56 Å². The number of benzene rings is 2. The molecule has 1 aliphatic carbocycles. The highest BCUT2D eigenvalue weighted by atomic mass is 35.5. The van der Waals surface area contributed by atoms with Crippen molar-refractivity contribution in [1.29, 1.82) is 0 Å². The number of nitrogens with zero attached hydrogens (tertiary/aromatic N) is 2. The van der Waals surface area contributed by atoms with Crippen molar-refractivity contribution in [2.75, 3.05) is 44.3 Å². The maximum Gasteiger partial charge on any atom is 0.264 e. The van der Waals surface area contributed by atoms with Crippen LogP contribution in [0.3, 0.4) is 0 Å². The van der Waals surface area contributed by atoms with Gasteiger partial charge < -0.3 is 19.1 Å². The largest absolute Gasteiger partial charge is 0.487 e. The molecule has 9 nitrogen and oxygen atoms in total. The van der Waals surface area contributed by atoms with Crippen molar-refractivity contribution in [2.45, 2.75) is 95.6 Å². The van der Waals surface area contributed by atoms with Crippen LogP contribution in [0.15, 0.2) is 36.4 Å². The first-order chi connectivity index (χ1) is 24.1. The van der Waals surface area contributed by atoms with Crippen LogP contribution in [-0.2, 0) is 32.5 Å². The van der Waals surface area contributed by atoms with Crippen molar-refractivity contribution < 1.29 is 31.8 Å². The first-order valence-electron chi connectivity index (χ1n) is 18.5. The zero-order valence-corrected chi connectivity index (χ0v) is 30.8. The number of hydrogen-bond donors (Lipinski definition) is 1. The van der Waals surface area contributed by atoms with Crippen molar-refractivity contribution in [3.63, 3.8) is 0 Å². The van der Waals surface area contributed by atoms with E-state index in [4.69, 9.17) is 25.8 Å². The Morgan fingerprint density at radius 1 is 0.900 bits per heavy atom. The number of halogens is 2. The van der Waals surface area contributed by atoms with Crippen molar-refractivity contribution >= 4 is 33.2 Å². The zero-order valence-electron chi connectivity index (χ0n) is 29.2. The van der Waals surface area contributed by atoms with Gasteiger partial charge in [-0.05, 0) is 111 Å². The number of nitrogens with one attached hydrogen (secondary N) is 1. The molecule has 4 aliphatic heterocycles. The normalized spacial score (nSPS) is 32.9. The lowest BCUT2D eigenvalue weighted by Crippen LogP contribution is -2.59. The molecule has 0 unspecified atom stereocenters. The molecule has 1 amide bonds. The molecule has 2 aromatic carbocycles. The monoisotopic (exact) mass is 731 g/mol. The molecule has 0 aromatic heterocycles. The summed E-state index contributed by atoms with van der Waals surface area (Å²) in [6, 6.07) is 11.3. The molecule has 2 bridgehead atoms. The molecule has 7 rings (SSSR count). The van der Waals surface area contributed by atoms with Gasteiger partial charge in [-0.1, -0.05) is 31.0 Å². The Hall–Kier alpha value is -2.44. The third-order valence-corrected chi connectivity index (χ3v) is 14.2. The molecule has 3 fully saturated rings. The van der Waals surface area contributed by atoms with E-state index in [1.807, 2.05) is 25.1 Å². The summed E-state index contributed by atoms with van der Waals surface area (Å²) in [5.41, 5.74) is 3.35. The summed E-state index contributed by atoms with van der Waals surface area (Å²) < 4.78 is 62.3. The number of hydrogen-bond acceptors (Lipinski definition) is 8. The topological polar surface area (TPSA) is 97.4 Å². The van der Waals surface area contributed by atoms with Crippen molar-refractivity contribution in [3.8, 4) is 5.75 Å². The summed E-state index contributed by atoms with van der Waals surface area (Å²) in [5, 5.41) is -0.0401. The first kappa shape index (κ1) is 35.9. The van der Waals surface area contributed by atoms with Crippen LogP contribution in [0, 0.1) is 23.7 Å². The molecular weight excluding hydrogens is 681 g/mol. The number of amides is 1. The molecule has 2 saturated heterocycles. The standard InChI is InChI=1S/C38H51ClFN3O6S/c1-24-6-5-8-34(38-48-22-32(23-49-38)43-19-31(40)20-43)33-13-10-28(33)18-42-15-4-3-7-26-16-30(39)12-9-29(26)21-47-36-14-11-27(17-35(36)42)37(44)41-50(45,46)25(24)2/h9,11-12,14,16-17,24-25,28,31-34,38H,3-8,10,13,15,18-23H2,1-2H3,(H,41,44)/t24-,25+,28-,32-,33+,34-,38+/m0/s1. The van der Waals surface area contributed by atoms with Gasteiger partial charge in [0.25, 0.3) is 5.91 Å². The van der Waals surface area contributed by atoms with Gasteiger partial charge in [0, 0.05) is 42.7 Å². The second kappa shape index (κ2) is 15.3. The van der Waals surface area contributed by atoms with Gasteiger partial charge in [0.15, 0.2) is 6.29 Å². The van der Waals surface area contributed by atoms with E-state index in [2.05, 4.69) is 14.5 Å². The number of likely N-dealkylation sites (tertiary alicyclic amines) is 1. The van der Waals surface area contributed by atoms with Crippen molar-refractivity contribution in [3.05, 3.63) is 58.1 Å². The van der Waals surface area contributed by atoms with E-state index in [0.29, 0.717) is 61.9 Å². The molecule has 1 N–H and O–H groups in total. The number of rotatable bonds is 2. The molecule has 1 saturated carbocycles. The molecule has 0 radical (unpaired) electrons. The highest BCUT2D eigenvalue weighted by Gasteiger charge is 2.45. The lowest BCUT2D eigenvalue weighted by molar-refractivity contribution is -0.249. The smallest absolute Gasteiger partial charge is 0.264 e. The lowest BCUT2D eigenvalue weighted by Gasteiger charge is -2.49. The predicted molar refractivity (Wildman–Crippen MR) is 192 cm³/mol. The van der Waals surface area contributed by atoms with E-state index in [1.54, 1.807) is 25.1 Å². The van der Waals surface area contributed by atoms with E-state index in [9.17, 15) is 17.6 Å². The van der Waals surface area contributed by atoms with Gasteiger partial charge >= 0.3 is 0 Å². The van der Waals surface area contributed by atoms with Gasteiger partial charge in [0.2, 0.25) is 10.0 Å². The first-order valence-corrected chi connectivity index (χ1v) is 20.4. The molecule has 274 valence electrons. The van der Waals surface area contributed by atoms with Gasteiger partial charge in [-0.15, -0.1) is 0 Å². The van der Waals surface area contributed by atoms with E-state index >= 15 is 0 Å². The van der Waals surface area contributed by atoms with E-state index in [0.717, 1.165) is 69.3 Å². The summed E-state index contributed by atoms with van der Waals surface area (Å²) in [6.07, 6.45) is 6.25. The summed E-state index contributed by atoms with van der Waals surface area (Å²) >= 11 is 6.37. The highest BCUT2D eigenvalue weighted by Crippen LogP contribution is 2.46. The van der Waals surface area contributed by atoms with Crippen LogP contribution in [0.4, 0.5) is 10.1 Å². The van der Waals surface area contributed by atoms with Gasteiger partial charge in [0.05, 0.1) is 30.2 Å². The SMILES string of the molecule is C[C@@H]1[C@@H](C)CCC[C@H]([C@H]2OC[C@@H](N3CC(F)C3)CO2)[C@@H]2CC[C@H]2CN2CCCCc3cc(Cl)ccc3COc3ccc(cc32)C(=O)NS1(=O)=O. The number of alkyl halides is 1. The van der Waals surface area contributed by atoms with Crippen molar-refractivity contribution in [1.82, 2.24) is 9.62 Å². The summed E-state index contributed by atoms with van der Waals surface area (Å²) in [7, 11) is -3.93. The Morgan fingerprint density at radius 2 is 1.70 bits per heavy atom. The van der Waals surface area contributed by atoms with Gasteiger partial charge in [-0.25, -0.2) is 17.5 Å². The molecule has 4 heterocycles. The summed E-state index contributed by atoms with van der Waals surface area (Å²) in [6.45, 7) is 7.49. The van der Waals surface area contributed by atoms with Crippen LogP contribution < -0.4 is 14.4 Å². The number of fused-ring (bicyclic) bond motifs is 3. The molecule has 0 spiro atoms. The fraction of sp³-hybridized carbons (Fsp3) is 0.658. The van der Waals surface area contributed by atoms with Crippen molar-refractivity contribution in [2.24, 2.45) is 23.7 Å². The van der Waals surface area contributed by atoms with Gasteiger partial charge in [0.1, 0.15) is 18.5 Å². The second-order valence-electron chi connectivity index (χ2n) is 15.3. The molecule has 50 heavy (non-hydrogen) atoms. The van der Waals surface area contributed by atoms with Crippen LogP contribution >= 0.6 is 11.6 Å². The zero-order chi connectivity index (χ0) is 35.0. The van der Waals surface area contributed by atoms with Gasteiger partial charge in [-0.2, -0.15) is 0 Å². The highest BCUT2D eigenvalue weighted by molar-refractivity contribution is 7.90. The maximum atomic E-state index is 13.6. The lowest BCUT2D eigenvalue weighted by atomic mass is 9.65. The minimum Gasteiger partial charge on any atom is -0.487 e. The molecule has 12 heteroatoms. The second-order valence-corrected chi connectivity index (χ2v) is 17.8. The fourth-order valence-electron chi connectivity index (χ4n) is 8.52. The summed E-state index contributed by atoms with van der Waals surface area (Å²) in [5.74, 6) is 0.813. The Labute approximate surface area is 301 Å². The molecule has 2 aromatic rings. The van der Waals surface area contributed by atoms with Crippen LogP contribution in [0.1, 0.15) is 80.3 Å². The number of ether oxygens (including phenoxy) is 3. The molecule has 5 aliphatic rings. The van der Waals surface area contributed by atoms with Crippen LogP contribution in [0.25, 0.3) is 0 Å². The Balaban J connectivity index is 1.19. The van der Waals surface area contributed by atoms with Crippen LogP contribution in [0.2, 0.25) is 5.02 Å². The Bertz CT molecular complexity index is 1630. The quantitative estimate of drug-likeness (QED) is 0.381. The third-order valence-electron chi connectivity index (χ3n) is 12.1. The average Bonchev–Trinajstić information content (AvgIpc) is 3.10. The number of sulfonamides is 1. The van der Waals surface area contributed by atoms with Crippen LogP contribution in [-0.4, -0.2) is 82.4 Å². The minimum atomic E-state index is -3.93. The van der Waals surface area contributed by atoms with E-state index < -0.39 is 27.4 Å². The number of anilines is 1. The Morgan fingerprint density at radius 3 is 2.44 bits per heavy atom. The molecular formula is C38H51ClFN3O6S. The number of carbonyl (C=O) groups is 1.